The Bertz CT molecular complexity index is 701. The zero-order valence-corrected chi connectivity index (χ0v) is 12.6. The summed E-state index contributed by atoms with van der Waals surface area (Å²) < 4.78 is 0. The highest BCUT2D eigenvalue weighted by molar-refractivity contribution is 8.00. The summed E-state index contributed by atoms with van der Waals surface area (Å²) >= 11 is 1.55. The molecule has 0 radical (unpaired) electrons. The molecule has 0 atom stereocenters. The number of thioether (sulfide) groups is 1. The van der Waals surface area contributed by atoms with Crippen molar-refractivity contribution in [3.05, 3.63) is 42.5 Å². The first-order valence-electron chi connectivity index (χ1n) is 6.76. The van der Waals surface area contributed by atoms with Crippen LogP contribution in [0.1, 0.15) is 0 Å². The van der Waals surface area contributed by atoms with E-state index in [0.717, 1.165) is 16.5 Å². The van der Waals surface area contributed by atoms with Crippen LogP contribution in [0.4, 0.5) is 5.69 Å². The number of likely N-dealkylation sites (N-methyl/N-ethyl adjacent to an activating group) is 1. The van der Waals surface area contributed by atoms with E-state index in [2.05, 4.69) is 0 Å². The van der Waals surface area contributed by atoms with Crippen molar-refractivity contribution in [2.45, 2.75) is 0 Å². The normalized spacial score (nSPS) is 14.7. The van der Waals surface area contributed by atoms with Gasteiger partial charge >= 0.3 is 0 Å². The quantitative estimate of drug-likeness (QED) is 0.873. The molecule has 4 nitrogen and oxygen atoms in total. The first kappa shape index (κ1) is 13.9. The van der Waals surface area contributed by atoms with Crippen molar-refractivity contribution in [3.8, 4) is 0 Å². The minimum absolute atomic E-state index is 0.0419. The fourth-order valence-corrected chi connectivity index (χ4v) is 3.24. The molecule has 1 fully saturated rings. The Kier molecular flexibility index (Phi) is 3.84. The van der Waals surface area contributed by atoms with Crippen LogP contribution in [0.5, 0.6) is 0 Å². The fraction of sp³-hybridized carbons (Fsp3) is 0.250. The molecule has 0 aliphatic carbocycles. The number of amides is 2. The molecule has 5 heteroatoms. The van der Waals surface area contributed by atoms with Gasteiger partial charge in [0.1, 0.15) is 6.54 Å². The van der Waals surface area contributed by atoms with Gasteiger partial charge in [-0.15, -0.1) is 11.8 Å². The molecular weight excluding hydrogens is 284 g/mol. The summed E-state index contributed by atoms with van der Waals surface area (Å²) in [7, 11) is 1.75. The molecule has 108 valence electrons. The maximum absolute atomic E-state index is 12.3. The number of benzene rings is 2. The number of hydrogen-bond donors (Lipinski definition) is 0. The van der Waals surface area contributed by atoms with E-state index < -0.39 is 0 Å². The van der Waals surface area contributed by atoms with Crippen LogP contribution < -0.4 is 4.90 Å². The van der Waals surface area contributed by atoms with E-state index in [1.807, 2.05) is 42.5 Å². The first-order valence-corrected chi connectivity index (χ1v) is 7.91. The SMILES string of the molecule is CN(C(=O)CN1CSCC1=O)c1ccc2ccccc2c1. The lowest BCUT2D eigenvalue weighted by Crippen LogP contribution is -2.39. The van der Waals surface area contributed by atoms with Gasteiger partial charge in [-0.1, -0.05) is 30.3 Å². The Morgan fingerprint density at radius 2 is 2.00 bits per heavy atom. The average Bonchev–Trinajstić information content (AvgIpc) is 2.91. The molecule has 3 rings (SSSR count). The van der Waals surface area contributed by atoms with Crippen molar-refractivity contribution >= 4 is 40.0 Å². The number of carbonyl (C=O) groups is 2. The highest BCUT2D eigenvalue weighted by atomic mass is 32.2. The predicted octanol–water partition coefficient (Wildman–Crippen LogP) is 2.34. The number of fused-ring (bicyclic) bond motifs is 1. The molecular formula is C16H16N2O2S. The Balaban J connectivity index is 1.77. The van der Waals surface area contributed by atoms with Gasteiger partial charge in [0.05, 0.1) is 11.6 Å². The monoisotopic (exact) mass is 300 g/mol. The van der Waals surface area contributed by atoms with Gasteiger partial charge in [0.25, 0.3) is 0 Å². The Hall–Kier alpha value is -2.01. The average molecular weight is 300 g/mol. The summed E-state index contributed by atoms with van der Waals surface area (Å²) in [5, 5.41) is 2.25. The molecule has 21 heavy (non-hydrogen) atoms. The van der Waals surface area contributed by atoms with Crippen molar-refractivity contribution in [2.24, 2.45) is 0 Å². The number of rotatable bonds is 3. The van der Waals surface area contributed by atoms with Crippen LogP contribution in [0.15, 0.2) is 42.5 Å². The van der Waals surface area contributed by atoms with E-state index in [4.69, 9.17) is 0 Å². The van der Waals surface area contributed by atoms with Crippen molar-refractivity contribution < 1.29 is 9.59 Å². The van der Waals surface area contributed by atoms with Crippen LogP contribution in [-0.2, 0) is 9.59 Å². The largest absolute Gasteiger partial charge is 0.323 e. The Morgan fingerprint density at radius 1 is 1.24 bits per heavy atom. The molecule has 1 saturated heterocycles. The lowest BCUT2D eigenvalue weighted by molar-refractivity contribution is -0.131. The van der Waals surface area contributed by atoms with E-state index in [-0.39, 0.29) is 18.4 Å². The Morgan fingerprint density at radius 3 is 2.71 bits per heavy atom. The first-order chi connectivity index (χ1) is 10.1. The van der Waals surface area contributed by atoms with Crippen LogP contribution in [-0.4, -0.2) is 41.9 Å². The minimum Gasteiger partial charge on any atom is -0.323 e. The highest BCUT2D eigenvalue weighted by Crippen LogP contribution is 2.22. The summed E-state index contributed by atoms with van der Waals surface area (Å²) in [6.07, 6.45) is 0. The van der Waals surface area contributed by atoms with Crippen LogP contribution >= 0.6 is 11.8 Å². The summed E-state index contributed by atoms with van der Waals surface area (Å²) in [6, 6.07) is 14.0. The van der Waals surface area contributed by atoms with E-state index in [1.165, 1.54) is 0 Å². The summed E-state index contributed by atoms with van der Waals surface area (Å²) in [5.74, 6) is 1.06. The number of anilines is 1. The number of carbonyl (C=O) groups excluding carboxylic acids is 2. The molecule has 0 unspecified atom stereocenters. The number of nitrogens with zero attached hydrogens (tertiary/aromatic N) is 2. The van der Waals surface area contributed by atoms with Gasteiger partial charge in [-0.3, -0.25) is 9.59 Å². The zero-order valence-electron chi connectivity index (χ0n) is 11.8. The topological polar surface area (TPSA) is 40.6 Å². The van der Waals surface area contributed by atoms with Gasteiger partial charge in [-0.2, -0.15) is 0 Å². The van der Waals surface area contributed by atoms with E-state index in [0.29, 0.717) is 11.6 Å². The molecule has 2 amide bonds. The molecule has 1 aliphatic heterocycles. The lowest BCUT2D eigenvalue weighted by Gasteiger charge is -2.21. The van der Waals surface area contributed by atoms with E-state index in [9.17, 15) is 9.59 Å². The molecule has 2 aromatic rings. The van der Waals surface area contributed by atoms with Crippen molar-refractivity contribution in [2.75, 3.05) is 30.1 Å². The molecule has 1 heterocycles. The van der Waals surface area contributed by atoms with Crippen molar-refractivity contribution in [3.63, 3.8) is 0 Å². The second-order valence-corrected chi connectivity index (χ2v) is 6.01. The Labute approximate surface area is 127 Å². The van der Waals surface area contributed by atoms with Gasteiger partial charge in [-0.25, -0.2) is 0 Å². The zero-order chi connectivity index (χ0) is 14.8. The minimum atomic E-state index is -0.0684. The highest BCUT2D eigenvalue weighted by Gasteiger charge is 2.24. The fourth-order valence-electron chi connectivity index (χ4n) is 2.34. The molecule has 0 spiro atoms. The van der Waals surface area contributed by atoms with E-state index >= 15 is 0 Å². The van der Waals surface area contributed by atoms with Gasteiger partial charge < -0.3 is 9.80 Å². The van der Waals surface area contributed by atoms with Crippen molar-refractivity contribution in [1.82, 2.24) is 4.90 Å². The summed E-state index contributed by atoms with van der Waals surface area (Å²) in [6.45, 7) is 0.148. The predicted molar refractivity (Wildman–Crippen MR) is 86.4 cm³/mol. The lowest BCUT2D eigenvalue weighted by atomic mass is 10.1. The third-order valence-electron chi connectivity index (χ3n) is 3.65. The maximum atomic E-state index is 12.3. The van der Waals surface area contributed by atoms with Crippen molar-refractivity contribution in [1.29, 1.82) is 0 Å². The third-order valence-corrected chi connectivity index (χ3v) is 4.59. The van der Waals surface area contributed by atoms with Gasteiger partial charge in [0.15, 0.2) is 0 Å². The van der Waals surface area contributed by atoms with Crippen LogP contribution in [0, 0.1) is 0 Å². The van der Waals surface area contributed by atoms with Gasteiger partial charge in [0.2, 0.25) is 11.8 Å². The molecule has 1 aliphatic rings. The standard InChI is InChI=1S/C16H16N2O2S/c1-17(15(19)9-18-11-21-10-16(18)20)14-7-6-12-4-2-3-5-13(12)8-14/h2-8H,9-11H2,1H3. The van der Waals surface area contributed by atoms with Gasteiger partial charge in [0, 0.05) is 12.7 Å². The molecule has 0 aromatic heterocycles. The second kappa shape index (κ2) is 5.77. The van der Waals surface area contributed by atoms with Crippen LogP contribution in [0.3, 0.4) is 0 Å². The van der Waals surface area contributed by atoms with E-state index in [1.54, 1.807) is 28.6 Å². The third kappa shape index (κ3) is 2.88. The van der Waals surface area contributed by atoms with Gasteiger partial charge in [-0.05, 0) is 22.9 Å². The molecule has 0 N–H and O–H groups in total. The van der Waals surface area contributed by atoms with Crippen LogP contribution in [0.25, 0.3) is 10.8 Å². The van der Waals surface area contributed by atoms with Crippen LogP contribution in [0.2, 0.25) is 0 Å². The maximum Gasteiger partial charge on any atom is 0.246 e. The molecule has 2 aromatic carbocycles. The summed E-state index contributed by atoms with van der Waals surface area (Å²) in [5.41, 5.74) is 0.845. The second-order valence-electron chi connectivity index (χ2n) is 5.05. The summed E-state index contributed by atoms with van der Waals surface area (Å²) in [4.78, 5) is 27.1. The molecule has 0 bridgehead atoms. The molecule has 0 saturated carbocycles. The number of hydrogen-bond acceptors (Lipinski definition) is 3. The smallest absolute Gasteiger partial charge is 0.246 e.